The summed E-state index contributed by atoms with van der Waals surface area (Å²) in [5.41, 5.74) is 3.98. The van der Waals surface area contributed by atoms with Gasteiger partial charge in [0, 0.05) is 17.3 Å². The fraction of sp³-hybridized carbons (Fsp3) is 0.273. The quantitative estimate of drug-likeness (QED) is 0.572. The van der Waals surface area contributed by atoms with Gasteiger partial charge in [-0.05, 0) is 24.5 Å². The van der Waals surface area contributed by atoms with Crippen LogP contribution in [-0.2, 0) is 0 Å². The molecular weight excluding hydrogens is 336 g/mol. The van der Waals surface area contributed by atoms with Crippen LogP contribution in [0, 0.1) is 12.8 Å². The Labute approximate surface area is 160 Å². The van der Waals surface area contributed by atoms with Gasteiger partial charge in [0.15, 0.2) is 0 Å². The summed E-state index contributed by atoms with van der Waals surface area (Å²) < 4.78 is 0. The molecule has 0 spiro atoms. The van der Waals surface area contributed by atoms with Crippen LogP contribution in [0.25, 0.3) is 11.3 Å². The van der Waals surface area contributed by atoms with Gasteiger partial charge in [-0.15, -0.1) is 0 Å². The van der Waals surface area contributed by atoms with Gasteiger partial charge in [0.1, 0.15) is 5.82 Å². The Bertz CT molecular complexity index is 880. The maximum Gasteiger partial charge on any atom is 0.225 e. The van der Waals surface area contributed by atoms with Crippen molar-refractivity contribution in [1.29, 1.82) is 0 Å². The molecule has 3 aromatic rings. The van der Waals surface area contributed by atoms with Crippen LogP contribution in [0.4, 0.5) is 17.5 Å². The number of anilines is 3. The van der Waals surface area contributed by atoms with Gasteiger partial charge in [-0.2, -0.15) is 4.98 Å². The first kappa shape index (κ1) is 18.9. The molecule has 0 saturated heterocycles. The van der Waals surface area contributed by atoms with Crippen molar-refractivity contribution in [3.63, 3.8) is 0 Å². The minimum absolute atomic E-state index is 0.0249. The van der Waals surface area contributed by atoms with E-state index in [-0.39, 0.29) is 18.6 Å². The summed E-state index contributed by atoms with van der Waals surface area (Å²) in [6.45, 7) is 6.20. The number of para-hydroxylation sites is 1. The highest BCUT2D eigenvalue weighted by atomic mass is 16.3. The van der Waals surface area contributed by atoms with E-state index in [2.05, 4.69) is 47.4 Å². The number of hydrogen-bond acceptors (Lipinski definition) is 5. The number of aliphatic hydroxyl groups is 1. The van der Waals surface area contributed by atoms with Crippen molar-refractivity contribution >= 4 is 17.5 Å². The molecule has 3 rings (SSSR count). The summed E-state index contributed by atoms with van der Waals surface area (Å²) in [5, 5.41) is 16.3. The normalized spacial score (nSPS) is 12.0. The summed E-state index contributed by atoms with van der Waals surface area (Å²) in [5.74, 6) is 1.47. The third kappa shape index (κ3) is 4.83. The lowest BCUT2D eigenvalue weighted by molar-refractivity contribution is 0.248. The Balaban J connectivity index is 1.99. The lowest BCUT2D eigenvalue weighted by Crippen LogP contribution is -2.30. The molecule has 3 N–H and O–H groups in total. The zero-order chi connectivity index (χ0) is 19.2. The molecule has 0 bridgehead atoms. The summed E-state index contributed by atoms with van der Waals surface area (Å²) in [6.07, 6.45) is 0. The average Bonchev–Trinajstić information content (AvgIpc) is 2.68. The standard InChI is InChI=1S/C22H26N4O/c1-15(2)20(14-27)25-22-24-19(17-10-5-4-6-11-17)13-21(26-22)23-18-12-8-7-9-16(18)3/h4-13,15,20,27H,14H2,1-3H3,(H2,23,24,25,26)/t20-/m1/s1. The van der Waals surface area contributed by atoms with Crippen molar-refractivity contribution < 1.29 is 5.11 Å². The Morgan fingerprint density at radius 2 is 1.67 bits per heavy atom. The molecule has 27 heavy (non-hydrogen) atoms. The minimum atomic E-state index is -0.109. The van der Waals surface area contributed by atoms with Gasteiger partial charge in [-0.25, -0.2) is 4.98 Å². The van der Waals surface area contributed by atoms with Crippen molar-refractivity contribution in [2.75, 3.05) is 17.2 Å². The van der Waals surface area contributed by atoms with E-state index < -0.39 is 0 Å². The largest absolute Gasteiger partial charge is 0.394 e. The van der Waals surface area contributed by atoms with Crippen LogP contribution in [-0.4, -0.2) is 27.7 Å². The zero-order valence-electron chi connectivity index (χ0n) is 16.0. The second-order valence-corrected chi connectivity index (χ2v) is 6.95. The number of hydrogen-bond donors (Lipinski definition) is 3. The SMILES string of the molecule is Cc1ccccc1Nc1cc(-c2ccccc2)nc(N[C@H](CO)C(C)C)n1. The van der Waals surface area contributed by atoms with E-state index in [1.807, 2.05) is 54.6 Å². The maximum absolute atomic E-state index is 9.65. The first-order valence-corrected chi connectivity index (χ1v) is 9.21. The molecule has 2 aromatic carbocycles. The third-order valence-electron chi connectivity index (χ3n) is 4.52. The van der Waals surface area contributed by atoms with Crippen molar-refractivity contribution in [2.24, 2.45) is 5.92 Å². The monoisotopic (exact) mass is 362 g/mol. The first-order chi connectivity index (χ1) is 13.1. The Hall–Kier alpha value is -2.92. The fourth-order valence-electron chi connectivity index (χ4n) is 2.77. The number of nitrogens with one attached hydrogen (secondary N) is 2. The number of aliphatic hydroxyl groups excluding tert-OH is 1. The molecule has 0 saturated carbocycles. The Morgan fingerprint density at radius 1 is 0.963 bits per heavy atom. The van der Waals surface area contributed by atoms with E-state index in [1.165, 1.54) is 0 Å². The van der Waals surface area contributed by atoms with Gasteiger partial charge in [-0.3, -0.25) is 0 Å². The second kappa shape index (κ2) is 8.64. The molecule has 1 heterocycles. The number of rotatable bonds is 7. The summed E-state index contributed by atoms with van der Waals surface area (Å²) in [4.78, 5) is 9.29. The van der Waals surface area contributed by atoms with Crippen LogP contribution >= 0.6 is 0 Å². The summed E-state index contributed by atoms with van der Waals surface area (Å²) in [7, 11) is 0. The van der Waals surface area contributed by atoms with E-state index in [0.717, 1.165) is 22.5 Å². The molecule has 0 fully saturated rings. The lowest BCUT2D eigenvalue weighted by Gasteiger charge is -2.21. The Morgan fingerprint density at radius 3 is 2.33 bits per heavy atom. The fourth-order valence-corrected chi connectivity index (χ4v) is 2.77. The zero-order valence-corrected chi connectivity index (χ0v) is 16.0. The van der Waals surface area contributed by atoms with Crippen LogP contribution < -0.4 is 10.6 Å². The molecule has 1 atom stereocenters. The van der Waals surface area contributed by atoms with Gasteiger partial charge in [0.05, 0.1) is 18.3 Å². The summed E-state index contributed by atoms with van der Waals surface area (Å²) in [6, 6.07) is 19.9. The molecule has 5 nitrogen and oxygen atoms in total. The number of aryl methyl sites for hydroxylation is 1. The van der Waals surface area contributed by atoms with Gasteiger partial charge >= 0.3 is 0 Å². The highest BCUT2D eigenvalue weighted by Crippen LogP contribution is 2.25. The van der Waals surface area contributed by atoms with Gasteiger partial charge in [0.2, 0.25) is 5.95 Å². The molecule has 1 aromatic heterocycles. The predicted octanol–water partition coefficient (Wildman–Crippen LogP) is 4.62. The highest BCUT2D eigenvalue weighted by molar-refractivity contribution is 5.68. The molecule has 0 radical (unpaired) electrons. The molecule has 0 aliphatic carbocycles. The molecule has 0 unspecified atom stereocenters. The molecule has 0 amide bonds. The smallest absolute Gasteiger partial charge is 0.225 e. The summed E-state index contributed by atoms with van der Waals surface area (Å²) >= 11 is 0. The number of aromatic nitrogens is 2. The molecular formula is C22H26N4O. The molecule has 0 aliphatic rings. The van der Waals surface area contributed by atoms with Gasteiger partial charge in [-0.1, -0.05) is 62.4 Å². The maximum atomic E-state index is 9.65. The predicted molar refractivity (Wildman–Crippen MR) is 111 cm³/mol. The van der Waals surface area contributed by atoms with Crippen molar-refractivity contribution in [3.05, 3.63) is 66.2 Å². The number of nitrogens with zero attached hydrogens (tertiary/aromatic N) is 2. The van der Waals surface area contributed by atoms with E-state index in [0.29, 0.717) is 11.8 Å². The van der Waals surface area contributed by atoms with E-state index in [9.17, 15) is 5.11 Å². The average molecular weight is 362 g/mol. The first-order valence-electron chi connectivity index (χ1n) is 9.21. The molecule has 140 valence electrons. The van der Waals surface area contributed by atoms with Crippen LogP contribution in [0.5, 0.6) is 0 Å². The number of benzene rings is 2. The van der Waals surface area contributed by atoms with Gasteiger partial charge < -0.3 is 15.7 Å². The highest BCUT2D eigenvalue weighted by Gasteiger charge is 2.15. The van der Waals surface area contributed by atoms with E-state index in [1.54, 1.807) is 0 Å². The minimum Gasteiger partial charge on any atom is -0.394 e. The van der Waals surface area contributed by atoms with E-state index >= 15 is 0 Å². The second-order valence-electron chi connectivity index (χ2n) is 6.95. The van der Waals surface area contributed by atoms with Crippen molar-refractivity contribution in [1.82, 2.24) is 9.97 Å². The van der Waals surface area contributed by atoms with Crippen LogP contribution in [0.1, 0.15) is 19.4 Å². The van der Waals surface area contributed by atoms with Crippen LogP contribution in [0.15, 0.2) is 60.7 Å². The Kier molecular flexibility index (Phi) is 6.04. The van der Waals surface area contributed by atoms with Crippen molar-refractivity contribution in [3.8, 4) is 11.3 Å². The van der Waals surface area contributed by atoms with E-state index in [4.69, 9.17) is 0 Å². The topological polar surface area (TPSA) is 70.1 Å². The molecule has 5 heteroatoms. The lowest BCUT2D eigenvalue weighted by atomic mass is 10.1. The third-order valence-corrected chi connectivity index (χ3v) is 4.52. The van der Waals surface area contributed by atoms with Gasteiger partial charge in [0.25, 0.3) is 0 Å². The van der Waals surface area contributed by atoms with Crippen molar-refractivity contribution in [2.45, 2.75) is 26.8 Å². The van der Waals surface area contributed by atoms with Crippen LogP contribution in [0.2, 0.25) is 0 Å². The molecule has 0 aliphatic heterocycles. The van der Waals surface area contributed by atoms with Crippen LogP contribution in [0.3, 0.4) is 0 Å².